The van der Waals surface area contributed by atoms with E-state index in [-0.39, 0.29) is 0 Å². The van der Waals surface area contributed by atoms with E-state index in [1.54, 1.807) is 0 Å². The number of nitrogens with zero attached hydrogens (tertiary/aromatic N) is 4. The molecule has 0 spiro atoms. The van der Waals surface area contributed by atoms with Crippen molar-refractivity contribution in [3.63, 3.8) is 0 Å². The van der Waals surface area contributed by atoms with E-state index in [2.05, 4.69) is 37.4 Å². The lowest BCUT2D eigenvalue weighted by Crippen LogP contribution is -2.25. The third-order valence-corrected chi connectivity index (χ3v) is 4.32. The molecule has 1 aliphatic carbocycles. The monoisotopic (exact) mass is 290 g/mol. The number of rotatable bonds is 7. The first-order valence-corrected chi connectivity index (χ1v) is 8.34. The summed E-state index contributed by atoms with van der Waals surface area (Å²) < 4.78 is 0. The van der Waals surface area contributed by atoms with E-state index < -0.39 is 0 Å². The minimum atomic E-state index is 0.699. The molecule has 0 aromatic carbocycles. The van der Waals surface area contributed by atoms with Crippen molar-refractivity contribution in [2.45, 2.75) is 45.4 Å². The molecule has 1 aliphatic heterocycles. The Labute approximate surface area is 126 Å². The van der Waals surface area contributed by atoms with E-state index in [0.717, 1.165) is 50.4 Å². The minimum absolute atomic E-state index is 0.699. The van der Waals surface area contributed by atoms with Gasteiger partial charge in [-0.2, -0.15) is 15.0 Å². The fourth-order valence-corrected chi connectivity index (χ4v) is 2.75. The third kappa shape index (κ3) is 3.74. The SMILES string of the molecule is CCCNc1nc(NCC2CCC2)nc(N2CCCC2)n1. The maximum Gasteiger partial charge on any atom is 0.231 e. The fourth-order valence-electron chi connectivity index (χ4n) is 2.75. The van der Waals surface area contributed by atoms with Crippen LogP contribution in [0.1, 0.15) is 45.4 Å². The van der Waals surface area contributed by atoms with Gasteiger partial charge in [-0.3, -0.25) is 0 Å². The molecule has 1 aromatic heterocycles. The Morgan fingerprint density at radius 3 is 2.33 bits per heavy atom. The number of nitrogens with one attached hydrogen (secondary N) is 2. The number of aromatic nitrogens is 3. The van der Waals surface area contributed by atoms with Crippen molar-refractivity contribution < 1.29 is 0 Å². The molecule has 2 N–H and O–H groups in total. The first-order chi connectivity index (χ1) is 10.3. The van der Waals surface area contributed by atoms with E-state index in [4.69, 9.17) is 0 Å². The quantitative estimate of drug-likeness (QED) is 0.804. The Hall–Kier alpha value is -1.59. The van der Waals surface area contributed by atoms with Crippen LogP contribution in [0, 0.1) is 5.92 Å². The third-order valence-electron chi connectivity index (χ3n) is 4.32. The molecular weight excluding hydrogens is 264 g/mol. The highest BCUT2D eigenvalue weighted by atomic mass is 15.3. The molecule has 2 aliphatic rings. The number of hydrogen-bond donors (Lipinski definition) is 2. The summed E-state index contributed by atoms with van der Waals surface area (Å²) in [6.45, 7) is 6.13. The van der Waals surface area contributed by atoms with Crippen LogP contribution in [0.5, 0.6) is 0 Å². The highest BCUT2D eigenvalue weighted by molar-refractivity contribution is 5.44. The molecule has 2 fully saturated rings. The van der Waals surface area contributed by atoms with Gasteiger partial charge in [0, 0.05) is 26.2 Å². The van der Waals surface area contributed by atoms with Gasteiger partial charge in [-0.25, -0.2) is 0 Å². The highest BCUT2D eigenvalue weighted by Crippen LogP contribution is 2.26. The van der Waals surface area contributed by atoms with Crippen LogP contribution in [0.15, 0.2) is 0 Å². The van der Waals surface area contributed by atoms with Crippen molar-refractivity contribution in [2.24, 2.45) is 5.92 Å². The molecule has 0 radical (unpaired) electrons. The number of hydrogen-bond acceptors (Lipinski definition) is 6. The van der Waals surface area contributed by atoms with Gasteiger partial charge in [0.1, 0.15) is 0 Å². The van der Waals surface area contributed by atoms with Gasteiger partial charge >= 0.3 is 0 Å². The summed E-state index contributed by atoms with van der Waals surface area (Å²) in [5.74, 6) is 3.03. The summed E-state index contributed by atoms with van der Waals surface area (Å²) in [5.41, 5.74) is 0. The maximum atomic E-state index is 4.61. The molecule has 1 saturated carbocycles. The Morgan fingerprint density at radius 2 is 1.71 bits per heavy atom. The van der Waals surface area contributed by atoms with Crippen LogP contribution in [0.2, 0.25) is 0 Å². The van der Waals surface area contributed by atoms with Crippen LogP contribution in [0.4, 0.5) is 17.8 Å². The molecule has 0 atom stereocenters. The molecule has 6 nitrogen and oxygen atoms in total. The summed E-state index contributed by atoms with van der Waals surface area (Å²) in [4.78, 5) is 15.9. The smallest absolute Gasteiger partial charge is 0.231 e. The van der Waals surface area contributed by atoms with Crippen LogP contribution in [-0.2, 0) is 0 Å². The van der Waals surface area contributed by atoms with Gasteiger partial charge in [-0.1, -0.05) is 13.3 Å². The molecule has 2 heterocycles. The van der Waals surface area contributed by atoms with Crippen LogP contribution >= 0.6 is 0 Å². The summed E-state index contributed by atoms with van der Waals surface area (Å²) in [5, 5.41) is 6.68. The van der Waals surface area contributed by atoms with Crippen LogP contribution in [0.25, 0.3) is 0 Å². The predicted octanol–water partition coefficient (Wildman–Crippen LogP) is 2.51. The molecule has 1 saturated heterocycles. The molecule has 0 unspecified atom stereocenters. The van der Waals surface area contributed by atoms with Gasteiger partial charge in [0.05, 0.1) is 0 Å². The zero-order chi connectivity index (χ0) is 14.5. The van der Waals surface area contributed by atoms with Gasteiger partial charge in [0.2, 0.25) is 17.8 Å². The molecular formula is C15H26N6. The summed E-state index contributed by atoms with van der Waals surface area (Å²) >= 11 is 0. The molecule has 0 amide bonds. The van der Waals surface area contributed by atoms with Crippen LogP contribution in [-0.4, -0.2) is 41.1 Å². The van der Waals surface area contributed by atoms with Gasteiger partial charge in [0.15, 0.2) is 0 Å². The van der Waals surface area contributed by atoms with Crippen molar-refractivity contribution in [1.29, 1.82) is 0 Å². The second kappa shape index (κ2) is 6.91. The first-order valence-electron chi connectivity index (χ1n) is 8.34. The zero-order valence-corrected chi connectivity index (χ0v) is 12.9. The Balaban J connectivity index is 1.70. The average Bonchev–Trinajstić information content (AvgIpc) is 2.97. The van der Waals surface area contributed by atoms with E-state index in [9.17, 15) is 0 Å². The lowest BCUT2D eigenvalue weighted by atomic mass is 9.85. The van der Waals surface area contributed by atoms with E-state index in [0.29, 0.717) is 5.95 Å². The Kier molecular flexibility index (Phi) is 4.72. The summed E-state index contributed by atoms with van der Waals surface area (Å²) in [6.07, 6.45) is 7.56. The zero-order valence-electron chi connectivity index (χ0n) is 12.9. The van der Waals surface area contributed by atoms with Gasteiger partial charge in [0.25, 0.3) is 0 Å². The highest BCUT2D eigenvalue weighted by Gasteiger charge is 2.19. The van der Waals surface area contributed by atoms with Crippen molar-refractivity contribution in [2.75, 3.05) is 41.7 Å². The minimum Gasteiger partial charge on any atom is -0.354 e. The number of anilines is 3. The lowest BCUT2D eigenvalue weighted by Gasteiger charge is -2.25. The first kappa shape index (κ1) is 14.4. The lowest BCUT2D eigenvalue weighted by molar-refractivity contribution is 0.333. The van der Waals surface area contributed by atoms with Crippen molar-refractivity contribution in [1.82, 2.24) is 15.0 Å². The van der Waals surface area contributed by atoms with Gasteiger partial charge in [-0.05, 0) is 38.0 Å². The standard InChI is InChI=1S/C15H26N6/c1-2-8-16-13-18-14(17-11-12-6-5-7-12)20-15(19-13)21-9-3-4-10-21/h12H,2-11H2,1H3,(H2,16,17,18,19,20). The fraction of sp³-hybridized carbons (Fsp3) is 0.800. The predicted molar refractivity (Wildman–Crippen MR) is 85.9 cm³/mol. The molecule has 6 heteroatoms. The Morgan fingerprint density at radius 1 is 1.00 bits per heavy atom. The normalized spacial score (nSPS) is 18.6. The molecule has 116 valence electrons. The van der Waals surface area contributed by atoms with Gasteiger partial charge < -0.3 is 15.5 Å². The van der Waals surface area contributed by atoms with Crippen molar-refractivity contribution in [3.05, 3.63) is 0 Å². The van der Waals surface area contributed by atoms with Crippen molar-refractivity contribution in [3.8, 4) is 0 Å². The second-order valence-electron chi connectivity index (χ2n) is 6.08. The molecule has 21 heavy (non-hydrogen) atoms. The van der Waals surface area contributed by atoms with E-state index >= 15 is 0 Å². The van der Waals surface area contributed by atoms with Crippen molar-refractivity contribution >= 4 is 17.8 Å². The maximum absolute atomic E-state index is 4.61. The molecule has 1 aromatic rings. The topological polar surface area (TPSA) is 66.0 Å². The molecule has 3 rings (SSSR count). The van der Waals surface area contributed by atoms with E-state index in [1.807, 2.05) is 0 Å². The average molecular weight is 290 g/mol. The summed E-state index contributed by atoms with van der Waals surface area (Å²) in [7, 11) is 0. The van der Waals surface area contributed by atoms with Crippen LogP contribution < -0.4 is 15.5 Å². The molecule has 0 bridgehead atoms. The second-order valence-corrected chi connectivity index (χ2v) is 6.08. The largest absolute Gasteiger partial charge is 0.354 e. The Bertz CT molecular complexity index is 453. The summed E-state index contributed by atoms with van der Waals surface area (Å²) in [6, 6.07) is 0. The van der Waals surface area contributed by atoms with E-state index in [1.165, 1.54) is 32.1 Å². The van der Waals surface area contributed by atoms with Gasteiger partial charge in [-0.15, -0.1) is 0 Å². The van der Waals surface area contributed by atoms with Crippen LogP contribution in [0.3, 0.4) is 0 Å².